The molecule has 1 N–H and O–H groups in total. The maximum Gasteiger partial charge on any atom is 0.359 e. The lowest BCUT2D eigenvalue weighted by molar-refractivity contribution is -0.132. The number of benzene rings is 3. The van der Waals surface area contributed by atoms with Gasteiger partial charge in [-0.25, -0.2) is 4.79 Å². The van der Waals surface area contributed by atoms with Gasteiger partial charge >= 0.3 is 5.97 Å². The predicted octanol–water partition coefficient (Wildman–Crippen LogP) is 4.63. The molecule has 178 valence electrons. The Morgan fingerprint density at radius 1 is 1.06 bits per heavy atom. The van der Waals surface area contributed by atoms with E-state index >= 15 is 0 Å². The van der Waals surface area contributed by atoms with E-state index in [-0.39, 0.29) is 11.3 Å². The number of carbonyl (C=O) groups excluding carboxylic acids is 2. The number of ether oxygens (including phenoxy) is 1. The van der Waals surface area contributed by atoms with Gasteiger partial charge < -0.3 is 9.15 Å². The molecule has 0 saturated heterocycles. The second-order valence-corrected chi connectivity index (χ2v) is 8.08. The van der Waals surface area contributed by atoms with E-state index in [4.69, 9.17) is 9.15 Å². The zero-order valence-electron chi connectivity index (χ0n) is 19.6. The molecule has 0 saturated carbocycles. The molecule has 1 aliphatic rings. The van der Waals surface area contributed by atoms with Gasteiger partial charge in [0.15, 0.2) is 5.71 Å². The smallest absolute Gasteiger partial charge is 0.359 e. The summed E-state index contributed by atoms with van der Waals surface area (Å²) in [6.07, 6.45) is 3.06. The van der Waals surface area contributed by atoms with Crippen LogP contribution in [0.2, 0.25) is 0 Å². The van der Waals surface area contributed by atoms with Gasteiger partial charge in [0, 0.05) is 10.9 Å². The Bertz CT molecular complexity index is 1590. The van der Waals surface area contributed by atoms with E-state index in [9.17, 15) is 9.59 Å². The van der Waals surface area contributed by atoms with Crippen LogP contribution in [0, 0.1) is 6.92 Å². The van der Waals surface area contributed by atoms with Gasteiger partial charge in [-0.3, -0.25) is 10.2 Å². The molecule has 36 heavy (non-hydrogen) atoms. The van der Waals surface area contributed by atoms with E-state index in [1.54, 1.807) is 30.3 Å². The number of hydrazone groups is 1. The number of amides is 1. The lowest BCUT2D eigenvalue weighted by atomic mass is 10.0. The van der Waals surface area contributed by atoms with Crippen molar-refractivity contribution in [2.75, 3.05) is 17.5 Å². The molecule has 2 heterocycles. The quantitative estimate of drug-likeness (QED) is 0.256. The van der Waals surface area contributed by atoms with Crippen LogP contribution in [0.3, 0.4) is 0 Å². The van der Waals surface area contributed by atoms with Crippen molar-refractivity contribution < 1.29 is 18.7 Å². The van der Waals surface area contributed by atoms with Crippen LogP contribution in [0.15, 0.2) is 105 Å². The third kappa shape index (κ3) is 4.39. The van der Waals surface area contributed by atoms with Crippen LogP contribution in [0.4, 0.5) is 11.4 Å². The molecule has 5 rings (SSSR count). The number of nitrogens with zero attached hydrogens (tertiary/aromatic N) is 3. The third-order valence-corrected chi connectivity index (χ3v) is 5.60. The summed E-state index contributed by atoms with van der Waals surface area (Å²) < 4.78 is 10.8. The van der Waals surface area contributed by atoms with Crippen LogP contribution in [0.5, 0.6) is 0 Å². The maximum atomic E-state index is 13.4. The first-order chi connectivity index (χ1) is 17.5. The molecule has 0 radical (unpaired) electrons. The lowest BCUT2D eigenvalue weighted by Crippen LogP contribution is -2.23. The number of hydrogen-bond donors (Lipinski definition) is 1. The molecule has 0 unspecified atom stereocenters. The summed E-state index contributed by atoms with van der Waals surface area (Å²) in [6, 6.07) is 24.1. The number of para-hydroxylation sites is 2. The average Bonchev–Trinajstić information content (AvgIpc) is 3.24. The molecule has 8 nitrogen and oxygen atoms in total. The fraction of sp³-hybridized carbons (Fsp3) is 0.0714. The SMILES string of the molecule is COC(=O)C1=NN(c2ccccc2)C(=O)/C1=C\c1coc2ccc(C)cc2/c1=N\Nc1ccccc1. The molecule has 1 aliphatic heterocycles. The number of nitrogens with one attached hydrogen (secondary N) is 1. The van der Waals surface area contributed by atoms with Crippen molar-refractivity contribution in [3.05, 3.63) is 107 Å². The largest absolute Gasteiger partial charge is 0.464 e. The summed E-state index contributed by atoms with van der Waals surface area (Å²) in [5.74, 6) is -1.18. The van der Waals surface area contributed by atoms with E-state index in [0.717, 1.165) is 16.6 Å². The average molecular weight is 479 g/mol. The molecule has 0 aliphatic carbocycles. The van der Waals surface area contributed by atoms with E-state index < -0.39 is 11.9 Å². The minimum atomic E-state index is -0.720. The second kappa shape index (κ2) is 9.71. The number of carbonyl (C=O) groups is 2. The van der Waals surface area contributed by atoms with Gasteiger partial charge in [0.25, 0.3) is 5.91 Å². The summed E-state index contributed by atoms with van der Waals surface area (Å²) in [5, 5.41) is 11.4. The van der Waals surface area contributed by atoms with Gasteiger partial charge in [-0.15, -0.1) is 0 Å². The van der Waals surface area contributed by atoms with Crippen LogP contribution >= 0.6 is 0 Å². The van der Waals surface area contributed by atoms with Crippen LogP contribution in [0.25, 0.3) is 17.0 Å². The summed E-state index contributed by atoms with van der Waals surface area (Å²) in [7, 11) is 1.25. The Morgan fingerprint density at radius 2 is 1.78 bits per heavy atom. The molecule has 0 bridgehead atoms. The van der Waals surface area contributed by atoms with Crippen LogP contribution in [-0.4, -0.2) is 24.7 Å². The minimum Gasteiger partial charge on any atom is -0.464 e. The Labute approximate surface area is 206 Å². The van der Waals surface area contributed by atoms with Gasteiger partial charge in [0.2, 0.25) is 0 Å². The molecule has 0 atom stereocenters. The number of aryl methyl sites for hydroxylation is 1. The molecular weight excluding hydrogens is 456 g/mol. The monoisotopic (exact) mass is 478 g/mol. The fourth-order valence-electron chi connectivity index (χ4n) is 3.82. The van der Waals surface area contributed by atoms with E-state index in [1.807, 2.05) is 61.5 Å². The molecule has 0 spiro atoms. The summed E-state index contributed by atoms with van der Waals surface area (Å²) in [6.45, 7) is 1.97. The van der Waals surface area contributed by atoms with Crippen molar-refractivity contribution >= 4 is 46.0 Å². The van der Waals surface area contributed by atoms with Gasteiger partial charge in [-0.2, -0.15) is 15.2 Å². The standard InChI is InChI=1S/C28H22N4O4/c1-18-13-14-24-22(15-18)25(30-29-20-9-5-3-6-10-20)19(17-36-24)16-23-26(28(34)35-2)31-32(27(23)33)21-11-7-4-8-12-21/h3-17,29H,1-2H3/b23-16-,30-25-. The highest BCUT2D eigenvalue weighted by Gasteiger charge is 2.36. The predicted molar refractivity (Wildman–Crippen MR) is 138 cm³/mol. The Hall–Kier alpha value is -4.98. The number of anilines is 2. The van der Waals surface area contributed by atoms with E-state index in [0.29, 0.717) is 22.2 Å². The molecule has 4 aromatic rings. The van der Waals surface area contributed by atoms with Crippen molar-refractivity contribution in [3.63, 3.8) is 0 Å². The van der Waals surface area contributed by atoms with Crippen molar-refractivity contribution in [2.24, 2.45) is 10.2 Å². The first-order valence-electron chi connectivity index (χ1n) is 11.2. The molecular formula is C28H22N4O4. The Kier molecular flexibility index (Phi) is 6.15. The molecule has 1 amide bonds. The molecule has 1 aromatic heterocycles. The van der Waals surface area contributed by atoms with Crippen LogP contribution in [-0.2, 0) is 14.3 Å². The zero-order chi connectivity index (χ0) is 25.1. The van der Waals surface area contributed by atoms with Gasteiger partial charge in [-0.1, -0.05) is 48.0 Å². The topological polar surface area (TPSA) is 96.5 Å². The number of methoxy groups -OCH3 is 1. The molecule has 0 fully saturated rings. The van der Waals surface area contributed by atoms with E-state index in [2.05, 4.69) is 15.6 Å². The maximum absolute atomic E-state index is 13.4. The van der Waals surface area contributed by atoms with Crippen molar-refractivity contribution in [1.82, 2.24) is 0 Å². The second-order valence-electron chi connectivity index (χ2n) is 8.08. The van der Waals surface area contributed by atoms with Crippen molar-refractivity contribution in [3.8, 4) is 0 Å². The molecule has 8 heteroatoms. The van der Waals surface area contributed by atoms with Crippen LogP contribution < -0.4 is 15.8 Å². The highest BCUT2D eigenvalue weighted by atomic mass is 16.5. The van der Waals surface area contributed by atoms with Crippen LogP contribution in [0.1, 0.15) is 11.1 Å². The molecule has 3 aromatic carbocycles. The fourth-order valence-corrected chi connectivity index (χ4v) is 3.82. The summed E-state index contributed by atoms with van der Waals surface area (Å²) >= 11 is 0. The third-order valence-electron chi connectivity index (χ3n) is 5.60. The van der Waals surface area contributed by atoms with E-state index in [1.165, 1.54) is 18.4 Å². The number of hydrogen-bond acceptors (Lipinski definition) is 7. The van der Waals surface area contributed by atoms with Crippen molar-refractivity contribution in [1.29, 1.82) is 0 Å². The van der Waals surface area contributed by atoms with Gasteiger partial charge in [0.1, 0.15) is 17.2 Å². The minimum absolute atomic E-state index is 0.0732. The number of esters is 1. The first-order valence-corrected chi connectivity index (χ1v) is 11.2. The normalized spacial score (nSPS) is 14.9. The lowest BCUT2D eigenvalue weighted by Gasteiger charge is -2.11. The van der Waals surface area contributed by atoms with Gasteiger partial charge in [-0.05, 0) is 49.4 Å². The summed E-state index contributed by atoms with van der Waals surface area (Å²) in [4.78, 5) is 26.0. The highest BCUT2D eigenvalue weighted by Crippen LogP contribution is 2.25. The number of fused-ring (bicyclic) bond motifs is 1. The Balaban J connectivity index is 1.68. The van der Waals surface area contributed by atoms with Gasteiger partial charge in [0.05, 0.1) is 24.1 Å². The number of rotatable bonds is 5. The Morgan fingerprint density at radius 3 is 2.50 bits per heavy atom. The summed E-state index contributed by atoms with van der Waals surface area (Å²) in [5.41, 5.74) is 6.50. The first kappa shape index (κ1) is 22.8. The van der Waals surface area contributed by atoms with Crippen molar-refractivity contribution in [2.45, 2.75) is 6.92 Å². The highest BCUT2D eigenvalue weighted by molar-refractivity contribution is 6.54. The zero-order valence-corrected chi connectivity index (χ0v) is 19.6.